The quantitative estimate of drug-likeness (QED) is 0.750. The second-order valence-electron chi connectivity index (χ2n) is 7.10. The lowest BCUT2D eigenvalue weighted by atomic mass is 10.1. The van der Waals surface area contributed by atoms with E-state index in [0.29, 0.717) is 0 Å². The third kappa shape index (κ3) is 4.48. The van der Waals surface area contributed by atoms with Crippen LogP contribution in [-0.2, 0) is 20.8 Å². The van der Waals surface area contributed by atoms with E-state index in [1.165, 1.54) is 17.0 Å². The lowest BCUT2D eigenvalue weighted by Gasteiger charge is -2.25. The molecule has 3 rings (SSSR count). The van der Waals surface area contributed by atoms with Gasteiger partial charge in [-0.15, -0.1) is 0 Å². The van der Waals surface area contributed by atoms with E-state index in [1.807, 2.05) is 13.8 Å². The fourth-order valence-corrected chi connectivity index (χ4v) is 7.13. The minimum Gasteiger partial charge on any atom is -0.316 e. The van der Waals surface area contributed by atoms with Gasteiger partial charge in [0.25, 0.3) is 0 Å². The summed E-state index contributed by atoms with van der Waals surface area (Å²) in [6, 6.07) is 4.14. The first kappa shape index (κ1) is 20.2. The summed E-state index contributed by atoms with van der Waals surface area (Å²) >= 11 is 1.15. The zero-order valence-corrected chi connectivity index (χ0v) is 16.4. The minimum atomic E-state index is -4.52. The van der Waals surface area contributed by atoms with E-state index in [1.54, 1.807) is 0 Å². The van der Waals surface area contributed by atoms with Gasteiger partial charge in [-0.05, 0) is 24.1 Å². The number of hydrogen-bond acceptors (Lipinski definition) is 4. The van der Waals surface area contributed by atoms with Crippen molar-refractivity contribution in [2.45, 2.75) is 37.7 Å². The first-order valence-electron chi connectivity index (χ1n) is 8.41. The number of fused-ring (bicyclic) bond motifs is 1. The topological polar surface area (TPSA) is 66.8 Å². The van der Waals surface area contributed by atoms with Crippen LogP contribution in [0.5, 0.6) is 0 Å². The number of amidine groups is 1. The fourth-order valence-electron chi connectivity index (χ4n) is 3.20. The summed E-state index contributed by atoms with van der Waals surface area (Å²) in [5, 5.41) is -0.0833. The average Bonchev–Trinajstić information content (AvgIpc) is 2.96. The van der Waals surface area contributed by atoms with Crippen molar-refractivity contribution in [2.24, 2.45) is 10.9 Å². The van der Waals surface area contributed by atoms with Crippen molar-refractivity contribution in [1.29, 1.82) is 0 Å². The highest BCUT2D eigenvalue weighted by molar-refractivity contribution is 8.16. The lowest BCUT2D eigenvalue weighted by molar-refractivity contribution is -0.137. The third-order valence-corrected chi connectivity index (χ3v) is 7.53. The molecule has 2 atom stereocenters. The average molecular weight is 420 g/mol. The number of sulfone groups is 1. The normalized spacial score (nSPS) is 26.0. The number of carbonyl (C=O) groups is 1. The fraction of sp³-hybridized carbons (Fsp3) is 0.529. The minimum absolute atomic E-state index is 0.0742. The largest absolute Gasteiger partial charge is 0.416 e. The number of nitrogens with zero attached hydrogens (tertiary/aromatic N) is 2. The molecule has 1 aromatic rings. The number of thioether (sulfide) groups is 1. The first-order chi connectivity index (χ1) is 12.5. The van der Waals surface area contributed by atoms with Crippen LogP contribution in [0.3, 0.4) is 0 Å². The Labute approximate surface area is 159 Å². The van der Waals surface area contributed by atoms with Gasteiger partial charge in [0.15, 0.2) is 15.0 Å². The summed E-state index contributed by atoms with van der Waals surface area (Å²) in [4.78, 5) is 17.7. The SMILES string of the molecule is CC(C)CC(=O)N=C1S[C@H]2CS(=O)(=O)C[C@@H]2N1c1cccc(C(F)(F)F)c1. The summed E-state index contributed by atoms with van der Waals surface area (Å²) in [5.74, 6) is -0.518. The van der Waals surface area contributed by atoms with Gasteiger partial charge >= 0.3 is 6.18 Å². The molecule has 0 aliphatic carbocycles. The molecule has 0 aromatic heterocycles. The molecule has 5 nitrogen and oxygen atoms in total. The zero-order valence-electron chi connectivity index (χ0n) is 14.7. The van der Waals surface area contributed by atoms with Crippen molar-refractivity contribution in [3.63, 3.8) is 0 Å². The molecule has 0 saturated carbocycles. The van der Waals surface area contributed by atoms with Gasteiger partial charge in [0, 0.05) is 17.4 Å². The van der Waals surface area contributed by atoms with E-state index in [0.717, 1.165) is 23.9 Å². The predicted molar refractivity (Wildman–Crippen MR) is 99.6 cm³/mol. The van der Waals surface area contributed by atoms with E-state index in [-0.39, 0.29) is 45.9 Å². The molecule has 0 unspecified atom stereocenters. The Morgan fingerprint density at radius 3 is 2.67 bits per heavy atom. The molecule has 1 aromatic carbocycles. The number of hydrogen-bond donors (Lipinski definition) is 0. The van der Waals surface area contributed by atoms with Crippen LogP contribution in [0.25, 0.3) is 0 Å². The summed E-state index contributed by atoms with van der Waals surface area (Å²) in [6.45, 7) is 3.73. The molecule has 0 radical (unpaired) electrons. The maximum Gasteiger partial charge on any atom is 0.416 e. The molecular weight excluding hydrogens is 401 g/mol. The molecule has 2 fully saturated rings. The number of aliphatic imine (C=N–C) groups is 1. The van der Waals surface area contributed by atoms with Crippen LogP contribution >= 0.6 is 11.8 Å². The number of halogens is 3. The molecule has 1 amide bonds. The van der Waals surface area contributed by atoms with E-state index in [4.69, 9.17) is 0 Å². The Balaban J connectivity index is 2.01. The zero-order chi connectivity index (χ0) is 20.0. The highest BCUT2D eigenvalue weighted by Gasteiger charge is 2.49. The smallest absolute Gasteiger partial charge is 0.316 e. The molecule has 27 heavy (non-hydrogen) atoms. The van der Waals surface area contributed by atoms with Crippen LogP contribution in [0.15, 0.2) is 29.3 Å². The highest BCUT2D eigenvalue weighted by Crippen LogP contribution is 2.42. The molecule has 0 N–H and O–H groups in total. The molecule has 2 aliphatic heterocycles. The maximum atomic E-state index is 13.1. The van der Waals surface area contributed by atoms with E-state index in [2.05, 4.69) is 4.99 Å². The van der Waals surface area contributed by atoms with Crippen molar-refractivity contribution < 1.29 is 26.4 Å². The summed E-state index contributed by atoms with van der Waals surface area (Å²) in [6.07, 6.45) is -4.30. The van der Waals surface area contributed by atoms with Gasteiger partial charge in [-0.3, -0.25) is 4.79 Å². The van der Waals surface area contributed by atoms with Crippen LogP contribution < -0.4 is 4.90 Å². The van der Waals surface area contributed by atoms with Gasteiger partial charge < -0.3 is 4.90 Å². The molecule has 2 aliphatic rings. The van der Waals surface area contributed by atoms with Gasteiger partial charge in [0.05, 0.1) is 23.1 Å². The van der Waals surface area contributed by atoms with Crippen molar-refractivity contribution >= 4 is 38.4 Å². The van der Waals surface area contributed by atoms with Gasteiger partial charge in [0.2, 0.25) is 5.91 Å². The van der Waals surface area contributed by atoms with Gasteiger partial charge in [-0.1, -0.05) is 31.7 Å². The molecule has 148 valence electrons. The Bertz CT molecular complexity index is 882. The summed E-state index contributed by atoms with van der Waals surface area (Å²) in [7, 11) is -3.28. The standard InChI is InChI=1S/C17H19F3N2O3S2/c1-10(2)6-15(23)21-16-22(13-8-27(24,25)9-14(13)26-16)12-5-3-4-11(7-12)17(18,19)20/h3-5,7,10,13-14H,6,8-9H2,1-2H3/t13-,14-/m0/s1. The number of carbonyl (C=O) groups excluding carboxylic acids is 1. The predicted octanol–water partition coefficient (Wildman–Crippen LogP) is 3.35. The van der Waals surface area contributed by atoms with E-state index >= 15 is 0 Å². The first-order valence-corrected chi connectivity index (χ1v) is 11.1. The van der Waals surface area contributed by atoms with Crippen LogP contribution in [-0.4, -0.2) is 42.3 Å². The number of alkyl halides is 3. The monoisotopic (exact) mass is 420 g/mol. The van der Waals surface area contributed by atoms with Gasteiger partial charge in [0.1, 0.15) is 0 Å². The molecule has 0 bridgehead atoms. The van der Waals surface area contributed by atoms with Crippen LogP contribution in [0.4, 0.5) is 18.9 Å². The van der Waals surface area contributed by atoms with Crippen LogP contribution in [0.2, 0.25) is 0 Å². The Morgan fingerprint density at radius 2 is 2.04 bits per heavy atom. The van der Waals surface area contributed by atoms with E-state index in [9.17, 15) is 26.4 Å². The second kappa shape index (κ2) is 7.12. The summed E-state index contributed by atoms with van der Waals surface area (Å²) < 4.78 is 63.3. The van der Waals surface area contributed by atoms with Crippen molar-refractivity contribution in [1.82, 2.24) is 0 Å². The Morgan fingerprint density at radius 1 is 1.33 bits per heavy atom. The van der Waals surface area contributed by atoms with Crippen LogP contribution in [0.1, 0.15) is 25.8 Å². The number of benzene rings is 1. The highest BCUT2D eigenvalue weighted by atomic mass is 32.2. The Hall–Kier alpha value is -1.55. The maximum absolute atomic E-state index is 13.1. The number of anilines is 1. The van der Waals surface area contributed by atoms with Gasteiger partial charge in [-0.25, -0.2) is 8.42 Å². The van der Waals surface area contributed by atoms with Gasteiger partial charge in [-0.2, -0.15) is 18.2 Å². The molecule has 0 spiro atoms. The molecule has 2 saturated heterocycles. The second-order valence-corrected chi connectivity index (χ2v) is 10.5. The van der Waals surface area contributed by atoms with E-state index < -0.39 is 27.6 Å². The number of amides is 1. The van der Waals surface area contributed by atoms with Crippen molar-refractivity contribution in [2.75, 3.05) is 16.4 Å². The Kier molecular flexibility index (Phi) is 5.33. The van der Waals surface area contributed by atoms with Crippen LogP contribution in [0, 0.1) is 5.92 Å². The van der Waals surface area contributed by atoms with Crippen molar-refractivity contribution in [3.8, 4) is 0 Å². The third-order valence-electron chi connectivity index (χ3n) is 4.32. The molecule has 10 heteroatoms. The molecule has 2 heterocycles. The van der Waals surface area contributed by atoms with Crippen molar-refractivity contribution in [3.05, 3.63) is 29.8 Å². The lowest BCUT2D eigenvalue weighted by Crippen LogP contribution is -2.37. The molecular formula is C17H19F3N2O3S2. The number of rotatable bonds is 3. The summed E-state index contributed by atoms with van der Waals surface area (Å²) in [5.41, 5.74) is -0.639.